The highest BCUT2D eigenvalue weighted by atomic mass is 35.5. The summed E-state index contributed by atoms with van der Waals surface area (Å²) in [5.41, 5.74) is 0.545. The second kappa shape index (κ2) is 9.55. The molecule has 12 heteroatoms. The number of rotatable bonds is 8. The number of aromatic nitrogens is 1. The first-order valence-electron chi connectivity index (χ1n) is 9.12. The van der Waals surface area contributed by atoms with E-state index in [-0.39, 0.29) is 16.4 Å². The van der Waals surface area contributed by atoms with Crippen LogP contribution in [0.5, 0.6) is 0 Å². The molecule has 0 aliphatic carbocycles. The number of halogens is 1. The van der Waals surface area contributed by atoms with Gasteiger partial charge in [-0.2, -0.15) is 0 Å². The van der Waals surface area contributed by atoms with Crippen LogP contribution in [0.4, 0.5) is 17.2 Å². The molecule has 1 heterocycles. The van der Waals surface area contributed by atoms with E-state index in [0.717, 1.165) is 10.6 Å². The molecule has 0 saturated carbocycles. The Morgan fingerprint density at radius 3 is 2.31 bits per heavy atom. The molecule has 0 saturated heterocycles. The van der Waals surface area contributed by atoms with Gasteiger partial charge in [0, 0.05) is 16.9 Å². The zero-order valence-corrected chi connectivity index (χ0v) is 19.2. The maximum absolute atomic E-state index is 12.5. The van der Waals surface area contributed by atoms with E-state index in [1.807, 2.05) is 0 Å². The van der Waals surface area contributed by atoms with Crippen LogP contribution >= 0.6 is 11.6 Å². The lowest BCUT2D eigenvalue weighted by Crippen LogP contribution is -2.37. The number of pyridine rings is 1. The zero-order valence-electron chi connectivity index (χ0n) is 16.8. The monoisotopic (exact) mass is 494 g/mol. The van der Waals surface area contributed by atoms with Crippen LogP contribution < -0.4 is 14.3 Å². The van der Waals surface area contributed by atoms with E-state index in [1.54, 1.807) is 24.3 Å². The fourth-order valence-electron chi connectivity index (χ4n) is 2.70. The summed E-state index contributed by atoms with van der Waals surface area (Å²) in [7, 11) is -7.62. The Morgan fingerprint density at radius 2 is 1.72 bits per heavy atom. The van der Waals surface area contributed by atoms with Crippen molar-refractivity contribution in [1.82, 2.24) is 4.98 Å². The van der Waals surface area contributed by atoms with Gasteiger partial charge >= 0.3 is 0 Å². The first kappa shape index (κ1) is 23.5. The number of sulfonamides is 2. The molecule has 0 spiro atoms. The van der Waals surface area contributed by atoms with E-state index >= 15 is 0 Å². The van der Waals surface area contributed by atoms with Gasteiger partial charge in [-0.25, -0.2) is 21.8 Å². The molecule has 9 nitrogen and oxygen atoms in total. The highest BCUT2D eigenvalue weighted by Gasteiger charge is 2.21. The Morgan fingerprint density at radius 1 is 1.00 bits per heavy atom. The van der Waals surface area contributed by atoms with Gasteiger partial charge in [-0.1, -0.05) is 23.7 Å². The molecule has 3 aromatic rings. The summed E-state index contributed by atoms with van der Waals surface area (Å²) in [6.07, 6.45) is 2.44. The van der Waals surface area contributed by atoms with Gasteiger partial charge < -0.3 is 5.32 Å². The van der Waals surface area contributed by atoms with Crippen LogP contribution in [0.3, 0.4) is 0 Å². The lowest BCUT2D eigenvalue weighted by atomic mass is 10.3. The maximum atomic E-state index is 12.5. The van der Waals surface area contributed by atoms with Crippen molar-refractivity contribution < 1.29 is 21.6 Å². The average molecular weight is 495 g/mol. The maximum Gasteiger partial charge on any atom is 0.263 e. The second-order valence-electron chi connectivity index (χ2n) is 6.64. The molecular formula is C20H19ClN4O5S2. The molecule has 32 heavy (non-hydrogen) atoms. The van der Waals surface area contributed by atoms with Crippen molar-refractivity contribution in [3.05, 3.63) is 77.9 Å². The molecule has 3 rings (SSSR count). The van der Waals surface area contributed by atoms with Gasteiger partial charge in [-0.15, -0.1) is 0 Å². The molecule has 0 aliphatic rings. The van der Waals surface area contributed by atoms with Crippen LogP contribution in [-0.4, -0.2) is 40.5 Å². The van der Waals surface area contributed by atoms with Gasteiger partial charge in [0.05, 0.1) is 16.8 Å². The number of carbonyl (C=O) groups is 1. The minimum atomic E-state index is -3.86. The number of hydrogen-bond donors (Lipinski definition) is 2. The van der Waals surface area contributed by atoms with Crippen molar-refractivity contribution in [3.8, 4) is 0 Å². The molecule has 2 aromatic carbocycles. The summed E-state index contributed by atoms with van der Waals surface area (Å²) >= 11 is 5.93. The average Bonchev–Trinajstić information content (AvgIpc) is 2.72. The summed E-state index contributed by atoms with van der Waals surface area (Å²) in [4.78, 5) is 16.3. The molecule has 1 amide bonds. The van der Waals surface area contributed by atoms with Gasteiger partial charge in [0.1, 0.15) is 12.4 Å². The first-order valence-corrected chi connectivity index (χ1v) is 12.8. The minimum Gasteiger partial charge on any atom is -0.325 e. The lowest BCUT2D eigenvalue weighted by molar-refractivity contribution is -0.114. The van der Waals surface area contributed by atoms with E-state index in [0.29, 0.717) is 10.7 Å². The van der Waals surface area contributed by atoms with Crippen molar-refractivity contribution in [2.24, 2.45) is 0 Å². The van der Waals surface area contributed by atoms with Gasteiger partial charge in [0.25, 0.3) is 10.0 Å². The standard InChI is InChI=1S/C20H19ClN4O5S2/c1-31(27,28)25(17-6-4-5-15(21)13-17)14-20(26)23-16-8-10-18(11-9-16)32(29,30)24-19-7-2-3-12-22-19/h2-13H,14H2,1H3,(H,22,24)(H,23,26). The number of nitrogens with zero attached hydrogens (tertiary/aromatic N) is 2. The number of carbonyl (C=O) groups excluding carboxylic acids is 1. The van der Waals surface area contributed by atoms with Crippen molar-refractivity contribution in [3.63, 3.8) is 0 Å². The quantitative estimate of drug-likeness (QED) is 0.496. The van der Waals surface area contributed by atoms with Crippen molar-refractivity contribution in [1.29, 1.82) is 0 Å². The lowest BCUT2D eigenvalue weighted by Gasteiger charge is -2.22. The van der Waals surface area contributed by atoms with Gasteiger partial charge in [-0.05, 0) is 54.6 Å². The largest absolute Gasteiger partial charge is 0.325 e. The molecule has 0 fully saturated rings. The highest BCUT2D eigenvalue weighted by molar-refractivity contribution is 7.92. The predicted molar refractivity (Wildman–Crippen MR) is 124 cm³/mol. The molecule has 2 N–H and O–H groups in total. The van der Waals surface area contributed by atoms with E-state index < -0.39 is 32.5 Å². The summed E-state index contributed by atoms with van der Waals surface area (Å²) in [5.74, 6) is -0.440. The van der Waals surface area contributed by atoms with E-state index in [4.69, 9.17) is 11.6 Å². The Labute approximate surface area is 191 Å². The molecule has 0 unspecified atom stereocenters. The van der Waals surface area contributed by atoms with Gasteiger partial charge in [0.2, 0.25) is 15.9 Å². The Balaban J connectivity index is 1.71. The van der Waals surface area contributed by atoms with E-state index in [1.165, 1.54) is 48.7 Å². The van der Waals surface area contributed by atoms with Crippen LogP contribution in [0.15, 0.2) is 77.8 Å². The number of hydrogen-bond acceptors (Lipinski definition) is 6. The van der Waals surface area contributed by atoms with Crippen LogP contribution in [0.2, 0.25) is 5.02 Å². The third-order valence-electron chi connectivity index (χ3n) is 4.14. The summed E-state index contributed by atoms with van der Waals surface area (Å²) in [5, 5.41) is 2.88. The fraction of sp³-hybridized carbons (Fsp3) is 0.100. The Kier molecular flexibility index (Phi) is 7.02. The van der Waals surface area contributed by atoms with E-state index in [9.17, 15) is 21.6 Å². The third-order valence-corrected chi connectivity index (χ3v) is 6.88. The third kappa shape index (κ3) is 6.19. The molecule has 0 radical (unpaired) electrons. The Bertz CT molecular complexity index is 1320. The van der Waals surface area contributed by atoms with Crippen LogP contribution in [-0.2, 0) is 24.8 Å². The number of benzene rings is 2. The number of amides is 1. The molecule has 0 atom stereocenters. The highest BCUT2D eigenvalue weighted by Crippen LogP contribution is 2.22. The molecule has 0 bridgehead atoms. The van der Waals surface area contributed by atoms with Gasteiger partial charge in [0.15, 0.2) is 0 Å². The second-order valence-corrected chi connectivity index (χ2v) is 10.7. The topological polar surface area (TPSA) is 126 Å². The molecule has 1 aromatic heterocycles. The smallest absolute Gasteiger partial charge is 0.263 e. The zero-order chi connectivity index (χ0) is 23.4. The minimum absolute atomic E-state index is 0.0298. The predicted octanol–water partition coefficient (Wildman–Crippen LogP) is 2.94. The summed E-state index contributed by atoms with van der Waals surface area (Å²) < 4.78 is 52.5. The van der Waals surface area contributed by atoms with Crippen molar-refractivity contribution in [2.75, 3.05) is 27.1 Å². The SMILES string of the molecule is CS(=O)(=O)N(CC(=O)Nc1ccc(S(=O)(=O)Nc2ccccn2)cc1)c1cccc(Cl)c1. The molecule has 0 aliphatic heterocycles. The van der Waals surface area contributed by atoms with E-state index in [2.05, 4.69) is 15.0 Å². The molecule has 168 valence electrons. The fourth-order valence-corrected chi connectivity index (χ4v) is 4.74. The number of nitrogens with one attached hydrogen (secondary N) is 2. The van der Waals surface area contributed by atoms with Crippen molar-refractivity contribution in [2.45, 2.75) is 4.90 Å². The van der Waals surface area contributed by atoms with Gasteiger partial charge in [-0.3, -0.25) is 13.8 Å². The Hall–Kier alpha value is -3.15. The normalized spacial score (nSPS) is 11.6. The number of anilines is 3. The van der Waals surface area contributed by atoms with Crippen molar-refractivity contribution >= 4 is 54.7 Å². The first-order chi connectivity index (χ1) is 15.0. The van der Waals surface area contributed by atoms with Crippen LogP contribution in [0, 0.1) is 0 Å². The van der Waals surface area contributed by atoms with Crippen LogP contribution in [0.1, 0.15) is 0 Å². The summed E-state index contributed by atoms with van der Waals surface area (Å²) in [6, 6.07) is 16.4. The van der Waals surface area contributed by atoms with Crippen LogP contribution in [0.25, 0.3) is 0 Å². The molecular weight excluding hydrogens is 476 g/mol. The summed E-state index contributed by atoms with van der Waals surface area (Å²) in [6.45, 7) is -0.486.